The number of hydrogen-bond acceptors (Lipinski definition) is 3. The van der Waals surface area contributed by atoms with E-state index in [-0.39, 0.29) is 5.56 Å². The molecule has 0 fully saturated rings. The van der Waals surface area contributed by atoms with E-state index in [0.29, 0.717) is 10.9 Å². The van der Waals surface area contributed by atoms with E-state index in [2.05, 4.69) is 9.97 Å². The Morgan fingerprint density at radius 3 is 2.53 bits per heavy atom. The van der Waals surface area contributed by atoms with Crippen molar-refractivity contribution in [2.45, 2.75) is 0 Å². The lowest BCUT2D eigenvalue weighted by Gasteiger charge is -1.96. The topological polar surface area (TPSA) is 65.7 Å². The highest BCUT2D eigenvalue weighted by Crippen LogP contribution is 2.22. The Balaban J connectivity index is 2.65. The van der Waals surface area contributed by atoms with Gasteiger partial charge in [0, 0.05) is 0 Å². The summed E-state index contributed by atoms with van der Waals surface area (Å²) in [5.41, 5.74) is -0.237. The van der Waals surface area contributed by atoms with Gasteiger partial charge in [-0.15, -0.1) is 0 Å². The minimum atomic E-state index is -0.470. The highest BCUT2D eigenvalue weighted by atomic mass is 32.1. The molecule has 0 radical (unpaired) electrons. The fourth-order valence-electron chi connectivity index (χ4n) is 1.63. The predicted octanol–water partition coefficient (Wildman–Crippen LogP) is 1.43. The van der Waals surface area contributed by atoms with Gasteiger partial charge in [0.15, 0.2) is 0 Å². The Morgan fingerprint density at radius 1 is 1.00 bits per heavy atom. The maximum atomic E-state index is 11.5. The van der Waals surface area contributed by atoms with Crippen LogP contribution in [0.15, 0.2) is 32.5 Å². The van der Waals surface area contributed by atoms with Crippen molar-refractivity contribution in [1.82, 2.24) is 9.97 Å². The number of benzene rings is 1. The van der Waals surface area contributed by atoms with Crippen molar-refractivity contribution in [2.24, 2.45) is 0 Å². The first-order valence-electron chi connectivity index (χ1n) is 4.36. The molecule has 0 saturated carbocycles. The standard InChI is InChI=1S/C10H6N2O2S/c13-9-7-1-5-3-15-4-6(5)2-8(7)11-10(14)12-9/h1-4H,(H2,11,12,13,14). The van der Waals surface area contributed by atoms with E-state index in [1.54, 1.807) is 17.4 Å². The van der Waals surface area contributed by atoms with Crippen LogP contribution in [0.1, 0.15) is 0 Å². The summed E-state index contributed by atoms with van der Waals surface area (Å²) in [7, 11) is 0. The smallest absolute Gasteiger partial charge is 0.307 e. The van der Waals surface area contributed by atoms with Crippen LogP contribution in [-0.4, -0.2) is 9.97 Å². The minimum Gasteiger partial charge on any atom is -0.307 e. The maximum Gasteiger partial charge on any atom is 0.326 e. The van der Waals surface area contributed by atoms with Gasteiger partial charge in [0.1, 0.15) is 0 Å². The molecule has 74 valence electrons. The van der Waals surface area contributed by atoms with Gasteiger partial charge in [0.2, 0.25) is 0 Å². The average Bonchev–Trinajstić information content (AvgIpc) is 2.61. The number of thiophene rings is 1. The third-order valence-corrected chi connectivity index (χ3v) is 3.11. The van der Waals surface area contributed by atoms with E-state index >= 15 is 0 Å². The minimum absolute atomic E-state index is 0.346. The van der Waals surface area contributed by atoms with E-state index < -0.39 is 5.69 Å². The van der Waals surface area contributed by atoms with Crippen molar-refractivity contribution in [3.8, 4) is 0 Å². The van der Waals surface area contributed by atoms with Gasteiger partial charge < -0.3 is 4.98 Å². The lowest BCUT2D eigenvalue weighted by molar-refractivity contribution is 1.08. The lowest BCUT2D eigenvalue weighted by Crippen LogP contribution is -2.21. The van der Waals surface area contributed by atoms with Crippen molar-refractivity contribution in [3.63, 3.8) is 0 Å². The summed E-state index contributed by atoms with van der Waals surface area (Å²) in [5.74, 6) is 0. The Labute approximate surface area is 87.2 Å². The average molecular weight is 218 g/mol. The molecule has 0 spiro atoms. The molecule has 0 aliphatic heterocycles. The lowest BCUT2D eigenvalue weighted by atomic mass is 10.1. The van der Waals surface area contributed by atoms with Crippen LogP contribution in [0.4, 0.5) is 0 Å². The fraction of sp³-hybridized carbons (Fsp3) is 0. The Morgan fingerprint density at radius 2 is 1.73 bits per heavy atom. The molecule has 1 aromatic carbocycles. The summed E-state index contributed by atoms with van der Waals surface area (Å²) in [6, 6.07) is 3.60. The summed E-state index contributed by atoms with van der Waals surface area (Å²) >= 11 is 1.57. The number of aromatic nitrogens is 2. The molecule has 0 saturated heterocycles. The first kappa shape index (κ1) is 8.43. The molecular formula is C10H6N2O2S. The summed E-state index contributed by atoms with van der Waals surface area (Å²) in [6.45, 7) is 0. The molecule has 2 heterocycles. The van der Waals surface area contributed by atoms with Crippen molar-refractivity contribution in [2.75, 3.05) is 0 Å². The Hall–Kier alpha value is -1.88. The van der Waals surface area contributed by atoms with Crippen molar-refractivity contribution >= 4 is 33.0 Å². The van der Waals surface area contributed by atoms with Crippen LogP contribution in [0.2, 0.25) is 0 Å². The first-order chi connectivity index (χ1) is 7.24. The van der Waals surface area contributed by atoms with Gasteiger partial charge in [-0.05, 0) is 33.7 Å². The zero-order valence-corrected chi connectivity index (χ0v) is 8.35. The highest BCUT2D eigenvalue weighted by molar-refractivity contribution is 7.09. The molecule has 0 atom stereocenters. The van der Waals surface area contributed by atoms with Crippen molar-refractivity contribution in [3.05, 3.63) is 43.7 Å². The molecule has 4 nitrogen and oxygen atoms in total. The van der Waals surface area contributed by atoms with E-state index in [1.165, 1.54) is 0 Å². The summed E-state index contributed by atoms with van der Waals surface area (Å²) in [4.78, 5) is 27.4. The summed E-state index contributed by atoms with van der Waals surface area (Å²) in [5, 5.41) is 6.52. The van der Waals surface area contributed by atoms with Crippen LogP contribution in [0.25, 0.3) is 21.7 Å². The molecule has 0 bridgehead atoms. The molecule has 2 aromatic heterocycles. The molecule has 5 heteroatoms. The van der Waals surface area contributed by atoms with E-state index in [0.717, 1.165) is 10.8 Å². The quantitative estimate of drug-likeness (QED) is 0.599. The largest absolute Gasteiger partial charge is 0.326 e. The molecule has 15 heavy (non-hydrogen) atoms. The Kier molecular flexibility index (Phi) is 1.58. The molecule has 0 aliphatic rings. The van der Waals surface area contributed by atoms with Crippen LogP contribution in [0.5, 0.6) is 0 Å². The molecule has 2 N–H and O–H groups in total. The summed E-state index contributed by atoms with van der Waals surface area (Å²) in [6.07, 6.45) is 0. The van der Waals surface area contributed by atoms with Crippen LogP contribution in [-0.2, 0) is 0 Å². The normalized spacial score (nSPS) is 11.2. The third-order valence-electron chi connectivity index (χ3n) is 2.33. The number of H-pyrrole nitrogens is 2. The third kappa shape index (κ3) is 1.20. The van der Waals surface area contributed by atoms with E-state index in [4.69, 9.17) is 0 Å². The monoisotopic (exact) mass is 218 g/mol. The van der Waals surface area contributed by atoms with Crippen molar-refractivity contribution in [1.29, 1.82) is 0 Å². The van der Waals surface area contributed by atoms with E-state index in [9.17, 15) is 9.59 Å². The van der Waals surface area contributed by atoms with Gasteiger partial charge in [-0.1, -0.05) is 0 Å². The number of fused-ring (bicyclic) bond motifs is 2. The number of rotatable bonds is 0. The predicted molar refractivity (Wildman–Crippen MR) is 60.6 cm³/mol. The van der Waals surface area contributed by atoms with Gasteiger partial charge in [-0.3, -0.25) is 9.78 Å². The van der Waals surface area contributed by atoms with Gasteiger partial charge in [-0.2, -0.15) is 11.3 Å². The first-order valence-corrected chi connectivity index (χ1v) is 5.30. The SMILES string of the molecule is O=c1[nH]c(=O)c2cc3cscc3cc2[nH]1. The second-order valence-electron chi connectivity index (χ2n) is 3.31. The fourth-order valence-corrected chi connectivity index (χ4v) is 2.40. The molecule has 0 aliphatic carbocycles. The molecule has 0 amide bonds. The Bertz CT molecular complexity index is 766. The highest BCUT2D eigenvalue weighted by Gasteiger charge is 2.03. The second-order valence-corrected chi connectivity index (χ2v) is 4.05. The zero-order valence-electron chi connectivity index (χ0n) is 7.53. The van der Waals surface area contributed by atoms with Crippen LogP contribution in [0.3, 0.4) is 0 Å². The number of hydrogen-bond donors (Lipinski definition) is 2. The molecular weight excluding hydrogens is 212 g/mol. The van der Waals surface area contributed by atoms with Crippen molar-refractivity contribution < 1.29 is 0 Å². The van der Waals surface area contributed by atoms with Gasteiger partial charge in [0.25, 0.3) is 5.56 Å². The second kappa shape index (κ2) is 2.80. The molecule has 3 aromatic rings. The van der Waals surface area contributed by atoms with Crippen LogP contribution >= 0.6 is 11.3 Å². The molecule has 0 unspecified atom stereocenters. The number of aromatic amines is 2. The summed E-state index contributed by atoms with van der Waals surface area (Å²) < 4.78 is 0. The molecule has 3 rings (SSSR count). The maximum absolute atomic E-state index is 11.5. The van der Waals surface area contributed by atoms with Crippen LogP contribution < -0.4 is 11.2 Å². The van der Waals surface area contributed by atoms with E-state index in [1.807, 2.05) is 16.8 Å². The number of nitrogens with one attached hydrogen (secondary N) is 2. The zero-order chi connectivity index (χ0) is 10.4. The van der Waals surface area contributed by atoms with Gasteiger partial charge >= 0.3 is 5.69 Å². The van der Waals surface area contributed by atoms with Gasteiger partial charge in [0.05, 0.1) is 10.9 Å². The van der Waals surface area contributed by atoms with Gasteiger partial charge in [-0.25, -0.2) is 4.79 Å². The van der Waals surface area contributed by atoms with Crippen LogP contribution in [0, 0.1) is 0 Å².